The smallest absolute Gasteiger partial charge is 0.251 e. The SMILES string of the molecule is CCC(C)C(NC(=O)c1ccccc1)C(=O)NCCCn1ccnc1. The van der Waals surface area contributed by atoms with E-state index in [1.807, 2.05) is 42.8 Å². The van der Waals surface area contributed by atoms with Crippen LogP contribution in [0.1, 0.15) is 37.0 Å². The molecule has 0 spiro atoms. The summed E-state index contributed by atoms with van der Waals surface area (Å²) in [6, 6.07) is 8.42. The number of hydrogen-bond acceptors (Lipinski definition) is 3. The Morgan fingerprint density at radius 1 is 1.24 bits per heavy atom. The van der Waals surface area contributed by atoms with Crippen molar-refractivity contribution in [2.24, 2.45) is 5.92 Å². The number of nitrogens with one attached hydrogen (secondary N) is 2. The molecule has 2 N–H and O–H groups in total. The van der Waals surface area contributed by atoms with Gasteiger partial charge in [0.1, 0.15) is 6.04 Å². The van der Waals surface area contributed by atoms with Gasteiger partial charge < -0.3 is 15.2 Å². The molecule has 6 nitrogen and oxygen atoms in total. The lowest BCUT2D eigenvalue weighted by molar-refractivity contribution is -0.124. The summed E-state index contributed by atoms with van der Waals surface area (Å²) in [5.41, 5.74) is 0.559. The third-order valence-electron chi connectivity index (χ3n) is 4.27. The van der Waals surface area contributed by atoms with Crippen molar-refractivity contribution in [3.63, 3.8) is 0 Å². The maximum Gasteiger partial charge on any atom is 0.251 e. The second kappa shape index (κ2) is 9.61. The van der Waals surface area contributed by atoms with Gasteiger partial charge in [0.25, 0.3) is 5.91 Å². The number of nitrogens with zero attached hydrogens (tertiary/aromatic N) is 2. The van der Waals surface area contributed by atoms with E-state index in [2.05, 4.69) is 15.6 Å². The van der Waals surface area contributed by atoms with E-state index in [-0.39, 0.29) is 17.7 Å². The highest BCUT2D eigenvalue weighted by Crippen LogP contribution is 2.09. The maximum absolute atomic E-state index is 12.5. The fourth-order valence-electron chi connectivity index (χ4n) is 2.52. The first-order valence-corrected chi connectivity index (χ1v) is 8.71. The molecule has 0 bridgehead atoms. The molecule has 2 atom stereocenters. The van der Waals surface area contributed by atoms with Crippen molar-refractivity contribution >= 4 is 11.8 Å². The predicted molar refractivity (Wildman–Crippen MR) is 97.0 cm³/mol. The first-order chi connectivity index (χ1) is 12.1. The first-order valence-electron chi connectivity index (χ1n) is 8.71. The molecule has 25 heavy (non-hydrogen) atoms. The van der Waals surface area contributed by atoms with Crippen LogP contribution in [0.3, 0.4) is 0 Å². The number of imidazole rings is 1. The van der Waals surface area contributed by atoms with Gasteiger partial charge in [0.15, 0.2) is 0 Å². The Morgan fingerprint density at radius 3 is 2.64 bits per heavy atom. The Balaban J connectivity index is 1.87. The van der Waals surface area contributed by atoms with Crippen LogP contribution in [0.25, 0.3) is 0 Å². The number of hydrogen-bond donors (Lipinski definition) is 2. The lowest BCUT2D eigenvalue weighted by Gasteiger charge is -2.23. The van der Waals surface area contributed by atoms with Crippen molar-refractivity contribution in [2.45, 2.75) is 39.3 Å². The average Bonchev–Trinajstić information content (AvgIpc) is 3.16. The van der Waals surface area contributed by atoms with Gasteiger partial charge in [-0.3, -0.25) is 9.59 Å². The van der Waals surface area contributed by atoms with Crippen LogP contribution in [-0.4, -0.2) is 34.0 Å². The number of rotatable bonds is 9. The number of carbonyl (C=O) groups excluding carboxylic acids is 2. The number of aryl methyl sites for hydroxylation is 1. The van der Waals surface area contributed by atoms with E-state index in [0.29, 0.717) is 12.1 Å². The highest BCUT2D eigenvalue weighted by Gasteiger charge is 2.25. The topological polar surface area (TPSA) is 76.0 Å². The van der Waals surface area contributed by atoms with Crippen LogP contribution < -0.4 is 10.6 Å². The Bertz CT molecular complexity index is 655. The molecule has 0 aliphatic carbocycles. The molecule has 1 aromatic heterocycles. The van der Waals surface area contributed by atoms with Gasteiger partial charge in [-0.05, 0) is 24.5 Å². The lowest BCUT2D eigenvalue weighted by Crippen LogP contribution is -2.50. The summed E-state index contributed by atoms with van der Waals surface area (Å²) in [4.78, 5) is 28.9. The largest absolute Gasteiger partial charge is 0.354 e. The van der Waals surface area contributed by atoms with Crippen molar-refractivity contribution in [1.82, 2.24) is 20.2 Å². The summed E-state index contributed by atoms with van der Waals surface area (Å²) >= 11 is 0. The zero-order valence-corrected chi connectivity index (χ0v) is 14.8. The van der Waals surface area contributed by atoms with Gasteiger partial charge in [-0.1, -0.05) is 38.5 Å². The van der Waals surface area contributed by atoms with E-state index >= 15 is 0 Å². The minimum Gasteiger partial charge on any atom is -0.354 e. The first kappa shape index (κ1) is 18.7. The summed E-state index contributed by atoms with van der Waals surface area (Å²) in [5.74, 6) is -0.301. The van der Waals surface area contributed by atoms with Crippen LogP contribution >= 0.6 is 0 Å². The van der Waals surface area contributed by atoms with E-state index in [9.17, 15) is 9.59 Å². The summed E-state index contributed by atoms with van der Waals surface area (Å²) < 4.78 is 1.97. The molecule has 2 unspecified atom stereocenters. The number of amides is 2. The molecule has 0 aliphatic rings. The molecule has 0 fully saturated rings. The van der Waals surface area contributed by atoms with Crippen LogP contribution in [0, 0.1) is 5.92 Å². The van der Waals surface area contributed by atoms with Gasteiger partial charge in [-0.25, -0.2) is 4.98 Å². The normalized spacial score (nSPS) is 13.0. The molecule has 2 amide bonds. The van der Waals surface area contributed by atoms with Crippen molar-refractivity contribution in [3.8, 4) is 0 Å². The molecule has 2 aromatic rings. The number of benzene rings is 1. The lowest BCUT2D eigenvalue weighted by atomic mass is 9.98. The summed E-state index contributed by atoms with van der Waals surface area (Å²) in [6.07, 6.45) is 6.99. The van der Waals surface area contributed by atoms with E-state index in [4.69, 9.17) is 0 Å². The van der Waals surface area contributed by atoms with Crippen LogP contribution in [0.4, 0.5) is 0 Å². The molecule has 6 heteroatoms. The highest BCUT2D eigenvalue weighted by molar-refractivity contribution is 5.97. The number of carbonyl (C=O) groups is 2. The Labute approximate surface area is 148 Å². The molecule has 2 rings (SSSR count). The quantitative estimate of drug-likeness (QED) is 0.686. The maximum atomic E-state index is 12.5. The minimum atomic E-state index is -0.536. The summed E-state index contributed by atoms with van der Waals surface area (Å²) in [5, 5.41) is 5.80. The van der Waals surface area contributed by atoms with Crippen LogP contribution in [0.5, 0.6) is 0 Å². The van der Waals surface area contributed by atoms with Crippen molar-refractivity contribution in [3.05, 3.63) is 54.6 Å². The van der Waals surface area contributed by atoms with E-state index < -0.39 is 6.04 Å². The van der Waals surface area contributed by atoms with Crippen LogP contribution in [-0.2, 0) is 11.3 Å². The molecular formula is C19H26N4O2. The minimum absolute atomic E-state index is 0.0568. The summed E-state index contributed by atoms with van der Waals surface area (Å²) in [7, 11) is 0. The fourth-order valence-corrected chi connectivity index (χ4v) is 2.52. The van der Waals surface area contributed by atoms with Gasteiger partial charge in [-0.15, -0.1) is 0 Å². The molecule has 0 saturated carbocycles. The van der Waals surface area contributed by atoms with Gasteiger partial charge in [0.2, 0.25) is 5.91 Å². The van der Waals surface area contributed by atoms with E-state index in [1.165, 1.54) is 0 Å². The van der Waals surface area contributed by atoms with Gasteiger partial charge in [0, 0.05) is 31.0 Å². The second-order valence-corrected chi connectivity index (χ2v) is 6.15. The Morgan fingerprint density at radius 2 is 2.00 bits per heavy atom. The van der Waals surface area contributed by atoms with Gasteiger partial charge >= 0.3 is 0 Å². The molecule has 1 heterocycles. The second-order valence-electron chi connectivity index (χ2n) is 6.15. The number of aromatic nitrogens is 2. The molecule has 0 radical (unpaired) electrons. The molecular weight excluding hydrogens is 316 g/mol. The molecule has 134 valence electrons. The van der Waals surface area contributed by atoms with Gasteiger partial charge in [-0.2, -0.15) is 0 Å². The molecule has 1 aromatic carbocycles. The van der Waals surface area contributed by atoms with Crippen LogP contribution in [0.15, 0.2) is 49.1 Å². The highest BCUT2D eigenvalue weighted by atomic mass is 16.2. The van der Waals surface area contributed by atoms with Gasteiger partial charge in [0.05, 0.1) is 6.33 Å². The van der Waals surface area contributed by atoms with Crippen molar-refractivity contribution in [1.29, 1.82) is 0 Å². The third-order valence-corrected chi connectivity index (χ3v) is 4.27. The third kappa shape index (κ3) is 5.74. The zero-order valence-electron chi connectivity index (χ0n) is 14.8. The molecule has 0 aliphatic heterocycles. The average molecular weight is 342 g/mol. The fraction of sp³-hybridized carbons (Fsp3) is 0.421. The summed E-state index contributed by atoms with van der Waals surface area (Å²) in [6.45, 7) is 5.34. The monoisotopic (exact) mass is 342 g/mol. The zero-order chi connectivity index (χ0) is 18.1. The molecule has 0 saturated heterocycles. The van der Waals surface area contributed by atoms with E-state index in [1.54, 1.807) is 24.7 Å². The standard InChI is InChI=1S/C19H26N4O2/c1-3-15(2)17(22-18(24)16-8-5-4-6-9-16)19(25)21-10-7-12-23-13-11-20-14-23/h4-6,8-9,11,13-15,17H,3,7,10,12H2,1-2H3,(H,21,25)(H,22,24). The van der Waals surface area contributed by atoms with Crippen molar-refractivity contribution in [2.75, 3.05) is 6.54 Å². The van der Waals surface area contributed by atoms with Crippen molar-refractivity contribution < 1.29 is 9.59 Å². The van der Waals surface area contributed by atoms with E-state index in [0.717, 1.165) is 19.4 Å². The Hall–Kier alpha value is -2.63. The Kier molecular flexibility index (Phi) is 7.19. The van der Waals surface area contributed by atoms with Crippen LogP contribution in [0.2, 0.25) is 0 Å². The predicted octanol–water partition coefficient (Wildman–Crippen LogP) is 2.23.